The van der Waals surface area contributed by atoms with E-state index in [4.69, 9.17) is 0 Å². The summed E-state index contributed by atoms with van der Waals surface area (Å²) < 4.78 is 24.9. The third-order valence-corrected chi connectivity index (χ3v) is 4.01. The monoisotopic (exact) mass is 321 g/mol. The second kappa shape index (κ2) is 4.39. The molecule has 0 fully saturated rings. The normalized spacial score (nSPS) is 13.8. The van der Waals surface area contributed by atoms with Gasteiger partial charge < -0.3 is 0 Å². The van der Waals surface area contributed by atoms with Gasteiger partial charge in [-0.3, -0.25) is 0 Å². The number of sulfonamides is 1. The summed E-state index contributed by atoms with van der Waals surface area (Å²) in [4.78, 5) is 0. The Bertz CT molecular complexity index is 230. The lowest BCUT2D eigenvalue weighted by molar-refractivity contribution is 0.492. The van der Waals surface area contributed by atoms with E-state index in [1.54, 1.807) is 0 Å². The van der Waals surface area contributed by atoms with Crippen molar-refractivity contribution >= 4 is 41.9 Å². The zero-order valence-electron chi connectivity index (χ0n) is 7.27. The van der Waals surface area contributed by atoms with Crippen LogP contribution >= 0.6 is 31.9 Å². The summed E-state index contributed by atoms with van der Waals surface area (Å²) in [6, 6.07) is 0. The Kier molecular flexibility index (Phi) is 4.71. The van der Waals surface area contributed by atoms with Crippen LogP contribution in [0.25, 0.3) is 0 Å². The SMILES string of the molecule is CC(C)(C)NS(=O)(=O)CC(Br)Br. The molecule has 0 aliphatic heterocycles. The number of nitrogens with one attached hydrogen (secondary N) is 1. The van der Waals surface area contributed by atoms with E-state index in [-0.39, 0.29) is 9.49 Å². The molecule has 0 atom stereocenters. The third kappa shape index (κ3) is 7.52. The predicted octanol–water partition coefficient (Wildman–Crippen LogP) is 1.82. The lowest BCUT2D eigenvalue weighted by atomic mass is 10.1. The quantitative estimate of drug-likeness (QED) is 0.806. The first kappa shape index (κ1) is 12.9. The highest BCUT2D eigenvalue weighted by Crippen LogP contribution is 2.12. The van der Waals surface area contributed by atoms with Gasteiger partial charge in [0.2, 0.25) is 10.0 Å². The topological polar surface area (TPSA) is 46.2 Å². The van der Waals surface area contributed by atoms with E-state index in [1.807, 2.05) is 20.8 Å². The van der Waals surface area contributed by atoms with Crippen molar-refractivity contribution in [3.8, 4) is 0 Å². The molecular weight excluding hydrogens is 310 g/mol. The molecule has 1 N–H and O–H groups in total. The van der Waals surface area contributed by atoms with Gasteiger partial charge in [0, 0.05) is 5.54 Å². The van der Waals surface area contributed by atoms with Crippen LogP contribution in [0.5, 0.6) is 0 Å². The zero-order valence-corrected chi connectivity index (χ0v) is 11.3. The molecule has 74 valence electrons. The fraction of sp³-hybridized carbons (Fsp3) is 1.00. The van der Waals surface area contributed by atoms with E-state index in [2.05, 4.69) is 36.6 Å². The number of hydrogen-bond donors (Lipinski definition) is 1. The van der Waals surface area contributed by atoms with Gasteiger partial charge in [-0.1, -0.05) is 31.9 Å². The second-order valence-electron chi connectivity index (χ2n) is 3.52. The molecule has 0 heterocycles. The van der Waals surface area contributed by atoms with Crippen molar-refractivity contribution in [2.45, 2.75) is 30.0 Å². The Morgan fingerprint density at radius 1 is 1.33 bits per heavy atom. The molecule has 0 aromatic carbocycles. The summed E-state index contributed by atoms with van der Waals surface area (Å²) in [7, 11) is -3.18. The molecule has 0 aliphatic rings. The summed E-state index contributed by atoms with van der Waals surface area (Å²) in [6.45, 7) is 5.42. The van der Waals surface area contributed by atoms with E-state index in [0.29, 0.717) is 0 Å². The van der Waals surface area contributed by atoms with E-state index < -0.39 is 15.6 Å². The maximum Gasteiger partial charge on any atom is 0.214 e. The number of hydrogen-bond acceptors (Lipinski definition) is 2. The molecular formula is C6H13Br2NO2S. The minimum Gasteiger partial charge on any atom is -0.212 e. The van der Waals surface area contributed by atoms with Gasteiger partial charge in [-0.25, -0.2) is 13.1 Å². The fourth-order valence-corrected chi connectivity index (χ4v) is 4.11. The fourth-order valence-electron chi connectivity index (χ4n) is 0.674. The third-order valence-electron chi connectivity index (χ3n) is 0.807. The molecule has 0 amide bonds. The molecule has 0 aromatic heterocycles. The van der Waals surface area contributed by atoms with Crippen LogP contribution in [0.3, 0.4) is 0 Å². The molecule has 0 unspecified atom stereocenters. The molecule has 0 spiro atoms. The minimum atomic E-state index is -3.18. The number of halogens is 2. The first-order chi connectivity index (χ1) is 5.12. The van der Waals surface area contributed by atoms with Gasteiger partial charge >= 0.3 is 0 Å². The molecule has 0 bridgehead atoms. The first-order valence-corrected chi connectivity index (χ1v) is 6.90. The van der Waals surface area contributed by atoms with Gasteiger partial charge in [-0.15, -0.1) is 0 Å². The highest BCUT2D eigenvalue weighted by molar-refractivity contribution is 9.24. The molecule has 3 nitrogen and oxygen atoms in total. The van der Waals surface area contributed by atoms with E-state index in [0.717, 1.165) is 0 Å². The Morgan fingerprint density at radius 3 is 2.00 bits per heavy atom. The molecule has 0 radical (unpaired) electrons. The summed E-state index contributed by atoms with van der Waals surface area (Å²) >= 11 is 6.23. The average Bonchev–Trinajstić information content (AvgIpc) is 1.48. The molecule has 0 saturated heterocycles. The molecule has 0 saturated carbocycles. The van der Waals surface area contributed by atoms with Gasteiger partial charge in [0.1, 0.15) is 0 Å². The Hall–Kier alpha value is 0.870. The Labute approximate surface area is 90.6 Å². The van der Waals surface area contributed by atoms with Gasteiger partial charge in [-0.2, -0.15) is 0 Å². The highest BCUT2D eigenvalue weighted by Gasteiger charge is 2.21. The largest absolute Gasteiger partial charge is 0.214 e. The van der Waals surface area contributed by atoms with Crippen molar-refractivity contribution in [2.75, 3.05) is 5.75 Å². The van der Waals surface area contributed by atoms with Crippen molar-refractivity contribution in [3.05, 3.63) is 0 Å². The van der Waals surface area contributed by atoms with E-state index in [9.17, 15) is 8.42 Å². The molecule has 0 aromatic rings. The number of rotatable bonds is 3. The van der Waals surface area contributed by atoms with E-state index in [1.165, 1.54) is 0 Å². The summed E-state index contributed by atoms with van der Waals surface area (Å²) in [5, 5.41) is 0. The van der Waals surface area contributed by atoms with Crippen LogP contribution in [0.1, 0.15) is 20.8 Å². The van der Waals surface area contributed by atoms with Gasteiger partial charge in [0.15, 0.2) is 0 Å². The lowest BCUT2D eigenvalue weighted by Gasteiger charge is -2.20. The van der Waals surface area contributed by atoms with Crippen LogP contribution in [0, 0.1) is 0 Å². The Morgan fingerprint density at radius 2 is 1.75 bits per heavy atom. The maximum absolute atomic E-state index is 11.3. The first-order valence-electron chi connectivity index (χ1n) is 3.42. The average molecular weight is 323 g/mol. The zero-order chi connectivity index (χ0) is 9.99. The molecule has 0 rings (SSSR count). The summed E-state index contributed by atoms with van der Waals surface area (Å²) in [5.74, 6) is 0.0320. The van der Waals surface area contributed by atoms with Gasteiger partial charge in [0.25, 0.3) is 0 Å². The summed E-state index contributed by atoms with van der Waals surface area (Å²) in [6.07, 6.45) is 0. The van der Waals surface area contributed by atoms with Crippen molar-refractivity contribution in [1.82, 2.24) is 4.72 Å². The smallest absolute Gasteiger partial charge is 0.212 e. The molecule has 12 heavy (non-hydrogen) atoms. The van der Waals surface area contributed by atoms with Crippen molar-refractivity contribution < 1.29 is 8.42 Å². The van der Waals surface area contributed by atoms with Gasteiger partial charge in [0.05, 0.1) is 9.49 Å². The van der Waals surface area contributed by atoms with Crippen LogP contribution < -0.4 is 4.72 Å². The molecule has 0 aliphatic carbocycles. The molecule has 6 heteroatoms. The van der Waals surface area contributed by atoms with E-state index >= 15 is 0 Å². The van der Waals surface area contributed by atoms with Gasteiger partial charge in [-0.05, 0) is 20.8 Å². The van der Waals surface area contributed by atoms with Crippen LogP contribution in [0.4, 0.5) is 0 Å². The van der Waals surface area contributed by atoms with Crippen LogP contribution in [0.15, 0.2) is 0 Å². The maximum atomic E-state index is 11.3. The summed E-state index contributed by atoms with van der Waals surface area (Å²) in [5.41, 5.74) is -0.409. The van der Waals surface area contributed by atoms with Crippen molar-refractivity contribution in [3.63, 3.8) is 0 Å². The highest BCUT2D eigenvalue weighted by atomic mass is 79.9. The van der Waals surface area contributed by atoms with Crippen molar-refractivity contribution in [1.29, 1.82) is 0 Å². The predicted molar refractivity (Wildman–Crippen MR) is 58.3 cm³/mol. The van der Waals surface area contributed by atoms with Crippen LogP contribution in [-0.2, 0) is 10.0 Å². The second-order valence-corrected chi connectivity index (χ2v) is 8.73. The van der Waals surface area contributed by atoms with Crippen molar-refractivity contribution in [2.24, 2.45) is 0 Å². The number of alkyl halides is 2. The lowest BCUT2D eigenvalue weighted by Crippen LogP contribution is -2.42. The van der Waals surface area contributed by atoms with Crippen LogP contribution in [0.2, 0.25) is 0 Å². The minimum absolute atomic E-state index is 0.0320. The van der Waals surface area contributed by atoms with Crippen LogP contribution in [-0.4, -0.2) is 23.4 Å². The Balaban J connectivity index is 4.26. The standard InChI is InChI=1S/C6H13Br2NO2S/c1-6(2,3)9-12(10,11)4-5(7)8/h5,9H,4H2,1-3H3.